The highest BCUT2D eigenvalue weighted by Gasteiger charge is 2.32. The second kappa shape index (κ2) is 11.6. The number of carbonyl (C=O) groups excluding carboxylic acids is 1. The highest BCUT2D eigenvalue weighted by atomic mass is 31.1. The van der Waals surface area contributed by atoms with Gasteiger partial charge in [-0.3, -0.25) is 4.79 Å². The minimum atomic E-state index is -1.93. The van der Waals surface area contributed by atoms with Crippen molar-refractivity contribution in [1.29, 1.82) is 0 Å². The van der Waals surface area contributed by atoms with Crippen LogP contribution in [0.1, 0.15) is 31.4 Å². The highest BCUT2D eigenvalue weighted by Crippen LogP contribution is 2.30. The molecule has 2 N–H and O–H groups in total. The van der Waals surface area contributed by atoms with Crippen LogP contribution in [0.4, 0.5) is 5.69 Å². The summed E-state index contributed by atoms with van der Waals surface area (Å²) < 4.78 is 23.3. The third-order valence-electron chi connectivity index (χ3n) is 4.29. The van der Waals surface area contributed by atoms with E-state index in [2.05, 4.69) is 0 Å². The SMILES string of the molecule is CC(C)CC(C[P+](=O)OCCc1ccc(N)cc1)C(=O)OCc1ccccc1. The zero-order valence-corrected chi connectivity index (χ0v) is 17.4. The van der Waals surface area contributed by atoms with E-state index in [0.717, 1.165) is 11.1 Å². The van der Waals surface area contributed by atoms with Crippen LogP contribution in [-0.2, 0) is 31.6 Å². The van der Waals surface area contributed by atoms with Gasteiger partial charge in [0, 0.05) is 12.1 Å². The molecule has 2 unspecified atom stereocenters. The molecule has 0 fully saturated rings. The van der Waals surface area contributed by atoms with Gasteiger partial charge in [0.15, 0.2) is 6.16 Å². The second-order valence-corrected chi connectivity index (χ2v) is 8.55. The number of carbonyl (C=O) groups is 1. The molecule has 0 aromatic heterocycles. The fraction of sp³-hybridized carbons (Fsp3) is 0.409. The fourth-order valence-corrected chi connectivity index (χ4v) is 3.90. The van der Waals surface area contributed by atoms with Gasteiger partial charge >= 0.3 is 14.0 Å². The minimum absolute atomic E-state index is 0.183. The van der Waals surface area contributed by atoms with Crippen molar-refractivity contribution in [3.8, 4) is 0 Å². The molecule has 0 spiro atoms. The molecule has 0 saturated heterocycles. The summed E-state index contributed by atoms with van der Waals surface area (Å²) in [5.41, 5.74) is 8.38. The zero-order valence-electron chi connectivity index (χ0n) is 16.5. The van der Waals surface area contributed by atoms with E-state index in [-0.39, 0.29) is 18.7 Å². The highest BCUT2D eigenvalue weighted by molar-refractivity contribution is 7.39. The van der Waals surface area contributed by atoms with Gasteiger partial charge in [-0.2, -0.15) is 0 Å². The van der Waals surface area contributed by atoms with E-state index in [4.69, 9.17) is 15.0 Å². The van der Waals surface area contributed by atoms with Gasteiger partial charge in [-0.15, -0.1) is 4.52 Å². The van der Waals surface area contributed by atoms with Crippen LogP contribution < -0.4 is 5.73 Å². The maximum absolute atomic E-state index is 12.5. The molecule has 150 valence electrons. The number of hydrogen-bond acceptors (Lipinski definition) is 5. The normalized spacial score (nSPS) is 12.6. The van der Waals surface area contributed by atoms with Crippen molar-refractivity contribution in [3.63, 3.8) is 0 Å². The first-order chi connectivity index (χ1) is 13.4. The standard InChI is InChI=1S/C22H29NO4P/c1-17(2)14-20(22(24)26-15-19-6-4-3-5-7-19)16-28(25)27-13-12-18-8-10-21(23)11-9-18/h3-11,17,20H,12-16,23H2,1-2H3/q+1. The van der Waals surface area contributed by atoms with Crippen LogP contribution in [0.5, 0.6) is 0 Å². The zero-order chi connectivity index (χ0) is 20.4. The van der Waals surface area contributed by atoms with Gasteiger partial charge in [-0.05, 0) is 40.2 Å². The van der Waals surface area contributed by atoms with Crippen molar-refractivity contribution in [2.45, 2.75) is 33.3 Å². The molecule has 28 heavy (non-hydrogen) atoms. The van der Waals surface area contributed by atoms with Gasteiger partial charge in [-0.1, -0.05) is 56.3 Å². The Kier molecular flexibility index (Phi) is 9.12. The number of nitrogens with two attached hydrogens (primary N) is 1. The monoisotopic (exact) mass is 402 g/mol. The smallest absolute Gasteiger partial charge is 0.460 e. The molecule has 0 bridgehead atoms. The van der Waals surface area contributed by atoms with Crippen molar-refractivity contribution in [2.75, 3.05) is 18.5 Å². The summed E-state index contributed by atoms with van der Waals surface area (Å²) in [6.45, 7) is 4.63. The van der Waals surface area contributed by atoms with Gasteiger partial charge in [0.2, 0.25) is 0 Å². The van der Waals surface area contributed by atoms with E-state index in [0.29, 0.717) is 31.1 Å². The Morgan fingerprint density at radius 3 is 2.36 bits per heavy atom. The van der Waals surface area contributed by atoms with E-state index in [9.17, 15) is 9.36 Å². The van der Waals surface area contributed by atoms with E-state index in [1.54, 1.807) is 0 Å². The summed E-state index contributed by atoms with van der Waals surface area (Å²) in [4.78, 5) is 12.5. The van der Waals surface area contributed by atoms with E-state index in [1.807, 2.05) is 68.4 Å². The van der Waals surface area contributed by atoms with Crippen LogP contribution in [0, 0.1) is 11.8 Å². The lowest BCUT2D eigenvalue weighted by atomic mass is 9.99. The topological polar surface area (TPSA) is 78.6 Å². The van der Waals surface area contributed by atoms with Gasteiger partial charge in [0.25, 0.3) is 0 Å². The Bertz CT molecular complexity index is 747. The van der Waals surface area contributed by atoms with Crippen LogP contribution in [-0.4, -0.2) is 18.7 Å². The quantitative estimate of drug-likeness (QED) is 0.326. The Morgan fingerprint density at radius 1 is 1.04 bits per heavy atom. The third kappa shape index (κ3) is 8.20. The number of ether oxygens (including phenoxy) is 1. The lowest BCUT2D eigenvalue weighted by molar-refractivity contribution is -0.149. The first-order valence-corrected chi connectivity index (χ1v) is 10.9. The molecule has 2 aromatic carbocycles. The molecule has 0 aliphatic heterocycles. The average Bonchev–Trinajstić information content (AvgIpc) is 2.67. The number of hydrogen-bond donors (Lipinski definition) is 1. The fourth-order valence-electron chi connectivity index (χ4n) is 2.84. The summed E-state index contributed by atoms with van der Waals surface area (Å²) in [7, 11) is -1.93. The molecule has 0 amide bonds. The van der Waals surface area contributed by atoms with Crippen LogP contribution in [0.25, 0.3) is 0 Å². The van der Waals surface area contributed by atoms with Crippen LogP contribution in [0.3, 0.4) is 0 Å². The van der Waals surface area contributed by atoms with Crippen molar-refractivity contribution >= 4 is 19.7 Å². The van der Waals surface area contributed by atoms with E-state index < -0.39 is 13.9 Å². The molecule has 0 radical (unpaired) electrons. The molecule has 2 atom stereocenters. The van der Waals surface area contributed by atoms with Crippen LogP contribution >= 0.6 is 8.03 Å². The van der Waals surface area contributed by atoms with Gasteiger partial charge in [-0.25, -0.2) is 0 Å². The number of benzene rings is 2. The molecular weight excluding hydrogens is 373 g/mol. The summed E-state index contributed by atoms with van der Waals surface area (Å²) in [6.07, 6.45) is 1.45. The first kappa shape index (κ1) is 22.1. The lowest BCUT2D eigenvalue weighted by Gasteiger charge is -2.14. The maximum atomic E-state index is 12.5. The maximum Gasteiger partial charge on any atom is 0.508 e. The second-order valence-electron chi connectivity index (χ2n) is 7.26. The van der Waals surface area contributed by atoms with Gasteiger partial charge in [0.05, 0.1) is 0 Å². The molecular formula is C22H29NO4P+. The Hall–Kier alpha value is -2.23. The Balaban J connectivity index is 1.81. The minimum Gasteiger partial charge on any atom is -0.460 e. The van der Waals surface area contributed by atoms with E-state index in [1.165, 1.54) is 0 Å². The van der Waals surface area contributed by atoms with Crippen molar-refractivity contribution in [1.82, 2.24) is 0 Å². The predicted molar refractivity (Wildman–Crippen MR) is 112 cm³/mol. The molecule has 0 aliphatic carbocycles. The van der Waals surface area contributed by atoms with Gasteiger partial charge in [0.1, 0.15) is 19.1 Å². The van der Waals surface area contributed by atoms with Crippen molar-refractivity contribution in [2.24, 2.45) is 11.8 Å². The molecule has 0 saturated carbocycles. The number of esters is 1. The molecule has 0 heterocycles. The Labute approximate surface area is 168 Å². The molecule has 2 aromatic rings. The Morgan fingerprint density at radius 2 is 1.71 bits per heavy atom. The molecule has 2 rings (SSSR count). The molecule has 6 heteroatoms. The molecule has 5 nitrogen and oxygen atoms in total. The van der Waals surface area contributed by atoms with Crippen LogP contribution in [0.2, 0.25) is 0 Å². The van der Waals surface area contributed by atoms with Crippen LogP contribution in [0.15, 0.2) is 54.6 Å². The number of rotatable bonds is 11. The largest absolute Gasteiger partial charge is 0.508 e. The lowest BCUT2D eigenvalue weighted by Crippen LogP contribution is -2.22. The summed E-state index contributed by atoms with van der Waals surface area (Å²) in [6, 6.07) is 17.0. The van der Waals surface area contributed by atoms with Gasteiger partial charge < -0.3 is 10.5 Å². The average molecular weight is 402 g/mol. The van der Waals surface area contributed by atoms with E-state index >= 15 is 0 Å². The third-order valence-corrected chi connectivity index (χ3v) is 5.50. The first-order valence-electron chi connectivity index (χ1n) is 9.56. The number of anilines is 1. The summed E-state index contributed by atoms with van der Waals surface area (Å²) in [5.74, 6) is -0.445. The van der Waals surface area contributed by atoms with Crippen molar-refractivity contribution < 1.29 is 18.6 Å². The summed E-state index contributed by atoms with van der Waals surface area (Å²) >= 11 is 0. The predicted octanol–water partition coefficient (Wildman–Crippen LogP) is 4.98. The number of nitrogen functional groups attached to an aromatic ring is 1. The summed E-state index contributed by atoms with van der Waals surface area (Å²) in [5, 5.41) is 0. The van der Waals surface area contributed by atoms with Crippen molar-refractivity contribution in [3.05, 3.63) is 65.7 Å². The molecule has 0 aliphatic rings.